The maximum absolute atomic E-state index is 12.6. The van der Waals surface area contributed by atoms with E-state index in [0.29, 0.717) is 10.1 Å². The van der Waals surface area contributed by atoms with E-state index in [1.54, 1.807) is 48.5 Å². The normalized spacial score (nSPS) is 17.3. The van der Waals surface area contributed by atoms with Gasteiger partial charge in [-0.15, -0.1) is 0 Å². The SMILES string of the molecule is Cc1ccc(N2CCN(C3=NC(=O)/C(=C/c4ccc(OS(=O)(=O)c5ccccc5)cc4)S3)CC2)cc1Cl. The van der Waals surface area contributed by atoms with E-state index in [0.717, 1.165) is 48.0 Å². The van der Waals surface area contributed by atoms with Crippen molar-refractivity contribution in [2.75, 3.05) is 31.1 Å². The minimum atomic E-state index is -3.91. The van der Waals surface area contributed by atoms with Crippen molar-refractivity contribution in [3.05, 3.63) is 93.9 Å². The molecule has 0 atom stereocenters. The van der Waals surface area contributed by atoms with Gasteiger partial charge in [0.25, 0.3) is 5.91 Å². The quantitative estimate of drug-likeness (QED) is 0.317. The third kappa shape index (κ3) is 5.84. The monoisotopic (exact) mass is 553 g/mol. The predicted molar refractivity (Wildman–Crippen MR) is 149 cm³/mol. The van der Waals surface area contributed by atoms with E-state index in [9.17, 15) is 13.2 Å². The Morgan fingerprint density at radius 1 is 0.946 bits per heavy atom. The number of halogens is 1. The smallest absolute Gasteiger partial charge is 0.339 e. The van der Waals surface area contributed by atoms with Gasteiger partial charge in [-0.25, -0.2) is 0 Å². The third-order valence-electron chi connectivity index (χ3n) is 6.10. The highest BCUT2D eigenvalue weighted by Crippen LogP contribution is 2.32. The molecule has 5 rings (SSSR count). The van der Waals surface area contributed by atoms with Crippen molar-refractivity contribution in [1.82, 2.24) is 4.90 Å². The van der Waals surface area contributed by atoms with Crippen LogP contribution in [0, 0.1) is 6.92 Å². The van der Waals surface area contributed by atoms with Crippen molar-refractivity contribution in [2.45, 2.75) is 11.8 Å². The first kappa shape index (κ1) is 25.4. The average Bonchev–Trinajstić information content (AvgIpc) is 3.27. The molecule has 0 aromatic heterocycles. The van der Waals surface area contributed by atoms with Crippen molar-refractivity contribution in [2.24, 2.45) is 4.99 Å². The minimum absolute atomic E-state index is 0.0855. The van der Waals surface area contributed by atoms with E-state index < -0.39 is 10.1 Å². The summed E-state index contributed by atoms with van der Waals surface area (Å²) in [5.41, 5.74) is 2.90. The lowest BCUT2D eigenvalue weighted by Gasteiger charge is -2.36. The second kappa shape index (κ2) is 10.6. The Morgan fingerprint density at radius 3 is 2.30 bits per heavy atom. The number of carbonyl (C=O) groups is 1. The number of hydrogen-bond donors (Lipinski definition) is 0. The highest BCUT2D eigenvalue weighted by molar-refractivity contribution is 8.18. The molecule has 10 heteroatoms. The molecule has 0 N–H and O–H groups in total. The number of benzene rings is 3. The topological polar surface area (TPSA) is 79.3 Å². The molecule has 0 bridgehead atoms. The molecule has 3 aromatic rings. The summed E-state index contributed by atoms with van der Waals surface area (Å²) in [7, 11) is -3.91. The molecule has 37 heavy (non-hydrogen) atoms. The van der Waals surface area contributed by atoms with Gasteiger partial charge in [0.1, 0.15) is 10.6 Å². The van der Waals surface area contributed by atoms with E-state index in [4.69, 9.17) is 15.8 Å². The zero-order valence-corrected chi connectivity index (χ0v) is 22.4. The molecular formula is C27H24ClN3O4S2. The third-order valence-corrected chi connectivity index (χ3v) is 8.81. The minimum Gasteiger partial charge on any atom is -0.379 e. The number of carbonyl (C=O) groups excluding carboxylic acids is 1. The van der Waals surface area contributed by atoms with Crippen LogP contribution in [-0.4, -0.2) is 50.6 Å². The van der Waals surface area contributed by atoms with Crippen molar-refractivity contribution in [3.8, 4) is 5.75 Å². The van der Waals surface area contributed by atoms with Gasteiger partial charge in [-0.1, -0.05) is 48.0 Å². The van der Waals surface area contributed by atoms with Crippen LogP contribution in [-0.2, 0) is 14.9 Å². The van der Waals surface area contributed by atoms with Gasteiger partial charge in [0.05, 0.1) is 4.91 Å². The van der Waals surface area contributed by atoms with Crippen LogP contribution in [0.15, 0.2) is 87.6 Å². The standard InChI is InChI=1S/C27H24ClN3O4S2/c1-19-7-10-21(18-24(19)28)30-13-15-31(16-14-30)27-29-26(32)25(36-27)17-20-8-11-22(12-9-20)35-37(33,34)23-5-3-2-4-6-23/h2-12,17-18H,13-16H2,1H3/b25-17-. The number of anilines is 1. The lowest BCUT2D eigenvalue weighted by atomic mass is 10.2. The summed E-state index contributed by atoms with van der Waals surface area (Å²) in [6, 6.07) is 20.6. The van der Waals surface area contributed by atoms with Gasteiger partial charge in [-0.3, -0.25) is 4.79 Å². The molecule has 3 aromatic carbocycles. The fourth-order valence-electron chi connectivity index (χ4n) is 4.00. The molecule has 0 spiro atoms. The number of nitrogens with zero attached hydrogens (tertiary/aromatic N) is 3. The Hall–Kier alpha value is -3.27. The number of aliphatic imine (C=N–C) groups is 1. The van der Waals surface area contributed by atoms with E-state index in [-0.39, 0.29) is 16.6 Å². The van der Waals surface area contributed by atoms with Crippen LogP contribution in [0.4, 0.5) is 5.69 Å². The fraction of sp³-hybridized carbons (Fsp3) is 0.185. The molecule has 2 aliphatic rings. The predicted octanol–water partition coefficient (Wildman–Crippen LogP) is 5.21. The zero-order valence-electron chi connectivity index (χ0n) is 20.0. The zero-order chi connectivity index (χ0) is 26.0. The number of rotatable bonds is 5. The lowest BCUT2D eigenvalue weighted by Crippen LogP contribution is -2.47. The van der Waals surface area contributed by atoms with Gasteiger partial charge in [-0.2, -0.15) is 13.4 Å². The molecule has 0 radical (unpaired) electrons. The molecule has 2 heterocycles. The van der Waals surface area contributed by atoms with Crippen LogP contribution in [0.3, 0.4) is 0 Å². The van der Waals surface area contributed by atoms with Gasteiger partial charge in [0.15, 0.2) is 5.17 Å². The van der Waals surface area contributed by atoms with Crippen molar-refractivity contribution in [1.29, 1.82) is 0 Å². The summed E-state index contributed by atoms with van der Waals surface area (Å²) in [5.74, 6) is -0.0826. The van der Waals surface area contributed by atoms with Crippen LogP contribution in [0.5, 0.6) is 5.75 Å². The summed E-state index contributed by atoms with van der Waals surface area (Å²) in [6.07, 6.45) is 1.75. The lowest BCUT2D eigenvalue weighted by molar-refractivity contribution is -0.113. The summed E-state index contributed by atoms with van der Waals surface area (Å²) in [5, 5.41) is 1.46. The Labute approximate surface area is 225 Å². The van der Waals surface area contributed by atoms with E-state index >= 15 is 0 Å². The van der Waals surface area contributed by atoms with Gasteiger partial charge < -0.3 is 14.0 Å². The fourth-order valence-corrected chi connectivity index (χ4v) is 6.09. The number of piperazine rings is 1. The van der Waals surface area contributed by atoms with Gasteiger partial charge in [-0.05, 0) is 72.3 Å². The molecule has 1 amide bonds. The highest BCUT2D eigenvalue weighted by Gasteiger charge is 2.28. The first-order valence-corrected chi connectivity index (χ1v) is 14.3. The first-order valence-electron chi connectivity index (χ1n) is 11.7. The summed E-state index contributed by atoms with van der Waals surface area (Å²) >= 11 is 7.64. The summed E-state index contributed by atoms with van der Waals surface area (Å²) in [4.78, 5) is 21.8. The summed E-state index contributed by atoms with van der Waals surface area (Å²) < 4.78 is 30.0. The molecule has 1 saturated heterocycles. The van der Waals surface area contributed by atoms with E-state index in [2.05, 4.69) is 20.9 Å². The maximum Gasteiger partial charge on any atom is 0.339 e. The van der Waals surface area contributed by atoms with Crippen LogP contribution < -0.4 is 9.08 Å². The molecule has 190 valence electrons. The number of amidine groups is 1. The highest BCUT2D eigenvalue weighted by atomic mass is 35.5. The Kier molecular flexibility index (Phi) is 7.28. The largest absolute Gasteiger partial charge is 0.379 e. The first-order chi connectivity index (χ1) is 17.8. The van der Waals surface area contributed by atoms with Crippen LogP contribution in [0.25, 0.3) is 6.08 Å². The molecule has 7 nitrogen and oxygen atoms in total. The Morgan fingerprint density at radius 2 is 1.62 bits per heavy atom. The average molecular weight is 554 g/mol. The van der Waals surface area contributed by atoms with Crippen LogP contribution >= 0.6 is 23.4 Å². The number of hydrogen-bond acceptors (Lipinski definition) is 7. The molecular weight excluding hydrogens is 530 g/mol. The number of aryl methyl sites for hydroxylation is 1. The Balaban J connectivity index is 1.19. The molecule has 2 aliphatic heterocycles. The molecule has 0 aliphatic carbocycles. The van der Waals surface area contributed by atoms with Crippen LogP contribution in [0.2, 0.25) is 5.02 Å². The van der Waals surface area contributed by atoms with Gasteiger partial charge in [0, 0.05) is 36.9 Å². The van der Waals surface area contributed by atoms with Gasteiger partial charge >= 0.3 is 10.1 Å². The molecule has 1 fully saturated rings. The van der Waals surface area contributed by atoms with E-state index in [1.165, 1.54) is 23.9 Å². The van der Waals surface area contributed by atoms with Crippen molar-refractivity contribution in [3.63, 3.8) is 0 Å². The second-order valence-electron chi connectivity index (χ2n) is 8.64. The van der Waals surface area contributed by atoms with Crippen molar-refractivity contribution < 1.29 is 17.4 Å². The van der Waals surface area contributed by atoms with Crippen LogP contribution in [0.1, 0.15) is 11.1 Å². The van der Waals surface area contributed by atoms with E-state index in [1.807, 2.05) is 19.1 Å². The van der Waals surface area contributed by atoms with Gasteiger partial charge in [0.2, 0.25) is 0 Å². The summed E-state index contributed by atoms with van der Waals surface area (Å²) in [6.45, 7) is 5.10. The molecule has 0 unspecified atom stereocenters. The number of thioether (sulfide) groups is 1. The Bertz CT molecular complexity index is 1480. The molecule has 0 saturated carbocycles. The second-order valence-corrected chi connectivity index (χ2v) is 11.6. The van der Waals surface area contributed by atoms with Crippen molar-refractivity contribution >= 4 is 56.3 Å². The maximum atomic E-state index is 12.6. The number of amides is 1.